The van der Waals surface area contributed by atoms with E-state index < -0.39 is 5.79 Å². The van der Waals surface area contributed by atoms with Crippen LogP contribution in [-0.4, -0.2) is 17.0 Å². The summed E-state index contributed by atoms with van der Waals surface area (Å²) in [4.78, 5) is 0. The minimum atomic E-state index is -0.783. The number of rotatable bonds is 1. The van der Waals surface area contributed by atoms with Gasteiger partial charge in [-0.3, -0.25) is 0 Å². The van der Waals surface area contributed by atoms with Crippen molar-refractivity contribution in [2.45, 2.75) is 32.2 Å². The van der Waals surface area contributed by atoms with Gasteiger partial charge in [-0.25, -0.2) is 0 Å². The second kappa shape index (κ2) is 1.20. The maximum Gasteiger partial charge on any atom is 0.189 e. The molecule has 42 valence electrons. The van der Waals surface area contributed by atoms with Crippen LogP contribution in [0.25, 0.3) is 0 Å². The summed E-state index contributed by atoms with van der Waals surface area (Å²) in [5.41, 5.74) is 0. The summed E-state index contributed by atoms with van der Waals surface area (Å²) in [5.74, 6) is -0.783. The van der Waals surface area contributed by atoms with Crippen LogP contribution in [0.1, 0.15) is 20.3 Å². The first-order chi connectivity index (χ1) is 3.17. The third-order valence-corrected chi connectivity index (χ3v) is 1.29. The molecule has 2 unspecified atom stereocenters. The van der Waals surface area contributed by atoms with Crippen LogP contribution in [0.4, 0.5) is 0 Å². The van der Waals surface area contributed by atoms with Crippen molar-refractivity contribution in [2.24, 2.45) is 0 Å². The zero-order valence-corrected chi connectivity index (χ0v) is 4.64. The van der Waals surface area contributed by atoms with Gasteiger partial charge in [0, 0.05) is 0 Å². The highest BCUT2D eigenvalue weighted by atomic mass is 16.7. The van der Waals surface area contributed by atoms with E-state index >= 15 is 0 Å². The monoisotopic (exact) mass is 102 g/mol. The molecule has 7 heavy (non-hydrogen) atoms. The average molecular weight is 102 g/mol. The molecule has 2 nitrogen and oxygen atoms in total. The molecule has 1 rings (SSSR count). The fourth-order valence-electron chi connectivity index (χ4n) is 0.716. The predicted octanol–water partition coefficient (Wildman–Crippen LogP) is 0.504. The molecular formula is C5H10O2. The van der Waals surface area contributed by atoms with Gasteiger partial charge in [0.05, 0.1) is 0 Å². The first kappa shape index (κ1) is 5.06. The van der Waals surface area contributed by atoms with Crippen LogP contribution in [0, 0.1) is 0 Å². The van der Waals surface area contributed by atoms with E-state index in [4.69, 9.17) is 9.84 Å². The fourth-order valence-corrected chi connectivity index (χ4v) is 0.716. The summed E-state index contributed by atoms with van der Waals surface area (Å²) in [6.45, 7) is 3.67. The average Bonchev–Trinajstić information content (AvgIpc) is 2.13. The topological polar surface area (TPSA) is 32.8 Å². The normalized spacial score (nSPS) is 49.3. The van der Waals surface area contributed by atoms with Crippen LogP contribution in [0.3, 0.4) is 0 Å². The Kier molecular flexibility index (Phi) is 0.869. The molecule has 0 aliphatic carbocycles. The molecule has 0 aromatic rings. The van der Waals surface area contributed by atoms with Crippen LogP contribution in [0.15, 0.2) is 0 Å². The van der Waals surface area contributed by atoms with Crippen LogP contribution in [-0.2, 0) is 4.74 Å². The van der Waals surface area contributed by atoms with E-state index in [9.17, 15) is 0 Å². The van der Waals surface area contributed by atoms with Gasteiger partial charge in [-0.2, -0.15) is 0 Å². The van der Waals surface area contributed by atoms with E-state index in [0.29, 0.717) is 0 Å². The van der Waals surface area contributed by atoms with Gasteiger partial charge in [-0.05, 0) is 13.3 Å². The summed E-state index contributed by atoms with van der Waals surface area (Å²) in [6, 6.07) is 0. The molecule has 0 saturated carbocycles. The molecule has 0 spiro atoms. The van der Waals surface area contributed by atoms with Gasteiger partial charge in [0.2, 0.25) is 0 Å². The SMILES string of the molecule is CCC1OC1(C)O. The Morgan fingerprint density at radius 2 is 2.29 bits per heavy atom. The van der Waals surface area contributed by atoms with E-state index in [0.717, 1.165) is 6.42 Å². The molecule has 0 aromatic heterocycles. The fraction of sp³-hybridized carbons (Fsp3) is 1.00. The van der Waals surface area contributed by atoms with Crippen molar-refractivity contribution >= 4 is 0 Å². The van der Waals surface area contributed by atoms with Crippen molar-refractivity contribution in [3.05, 3.63) is 0 Å². The van der Waals surface area contributed by atoms with Crippen molar-refractivity contribution in [1.29, 1.82) is 0 Å². The third kappa shape index (κ3) is 0.763. The highest BCUT2D eigenvalue weighted by Crippen LogP contribution is 2.34. The number of hydrogen-bond donors (Lipinski definition) is 1. The first-order valence-electron chi connectivity index (χ1n) is 2.57. The van der Waals surface area contributed by atoms with Gasteiger partial charge >= 0.3 is 0 Å². The minimum Gasteiger partial charge on any atom is -0.364 e. The molecule has 0 amide bonds. The van der Waals surface area contributed by atoms with Gasteiger partial charge in [0.25, 0.3) is 0 Å². The highest BCUT2D eigenvalue weighted by Gasteiger charge is 2.49. The summed E-state index contributed by atoms with van der Waals surface area (Å²) in [7, 11) is 0. The zero-order valence-electron chi connectivity index (χ0n) is 4.64. The van der Waals surface area contributed by atoms with Gasteiger partial charge < -0.3 is 9.84 Å². The Hall–Kier alpha value is -0.0800. The maximum absolute atomic E-state index is 8.87. The molecule has 1 heterocycles. The third-order valence-electron chi connectivity index (χ3n) is 1.29. The van der Waals surface area contributed by atoms with Gasteiger partial charge in [-0.1, -0.05) is 6.92 Å². The molecule has 1 N–H and O–H groups in total. The van der Waals surface area contributed by atoms with Crippen molar-refractivity contribution in [2.75, 3.05) is 0 Å². The standard InChI is InChI=1S/C5H10O2/c1-3-4-5(2,6)7-4/h4,6H,3H2,1-2H3. The molecule has 1 aliphatic heterocycles. The Morgan fingerprint density at radius 1 is 1.86 bits per heavy atom. The van der Waals surface area contributed by atoms with E-state index in [2.05, 4.69) is 0 Å². The van der Waals surface area contributed by atoms with Gasteiger partial charge in [0.1, 0.15) is 6.10 Å². The Bertz CT molecular complexity index is 78.1. The molecule has 2 heteroatoms. The van der Waals surface area contributed by atoms with Crippen molar-refractivity contribution < 1.29 is 9.84 Å². The van der Waals surface area contributed by atoms with E-state index in [1.165, 1.54) is 0 Å². The largest absolute Gasteiger partial charge is 0.364 e. The maximum atomic E-state index is 8.87. The number of ether oxygens (including phenoxy) is 1. The van der Waals surface area contributed by atoms with Gasteiger partial charge in [-0.15, -0.1) is 0 Å². The minimum absolute atomic E-state index is 0.104. The lowest BCUT2D eigenvalue weighted by Gasteiger charge is -1.87. The summed E-state index contributed by atoms with van der Waals surface area (Å²) < 4.78 is 4.81. The van der Waals surface area contributed by atoms with Gasteiger partial charge in [0.15, 0.2) is 5.79 Å². The van der Waals surface area contributed by atoms with Crippen LogP contribution in [0.5, 0.6) is 0 Å². The number of hydrogen-bond acceptors (Lipinski definition) is 2. The molecule has 0 radical (unpaired) electrons. The molecule has 1 aliphatic rings. The van der Waals surface area contributed by atoms with Crippen molar-refractivity contribution in [3.63, 3.8) is 0 Å². The van der Waals surface area contributed by atoms with Crippen LogP contribution in [0.2, 0.25) is 0 Å². The Morgan fingerprint density at radius 3 is 2.29 bits per heavy atom. The zero-order chi connectivity index (χ0) is 5.49. The lowest BCUT2D eigenvalue weighted by molar-refractivity contribution is 0.0549. The first-order valence-corrected chi connectivity index (χ1v) is 2.57. The molecule has 2 atom stereocenters. The van der Waals surface area contributed by atoms with E-state index in [1.54, 1.807) is 6.92 Å². The van der Waals surface area contributed by atoms with Crippen LogP contribution >= 0.6 is 0 Å². The molecular weight excluding hydrogens is 92.1 g/mol. The van der Waals surface area contributed by atoms with E-state index in [-0.39, 0.29) is 6.10 Å². The second-order valence-electron chi connectivity index (χ2n) is 2.07. The van der Waals surface area contributed by atoms with Crippen molar-refractivity contribution in [1.82, 2.24) is 0 Å². The summed E-state index contributed by atoms with van der Waals surface area (Å²) >= 11 is 0. The van der Waals surface area contributed by atoms with E-state index in [1.807, 2.05) is 6.92 Å². The molecule has 0 bridgehead atoms. The Balaban J connectivity index is 2.30. The molecule has 0 aromatic carbocycles. The number of epoxide rings is 1. The highest BCUT2D eigenvalue weighted by molar-refractivity contribution is 4.86. The van der Waals surface area contributed by atoms with Crippen molar-refractivity contribution in [3.8, 4) is 0 Å². The molecule has 1 saturated heterocycles. The Labute approximate surface area is 43.1 Å². The predicted molar refractivity (Wildman–Crippen MR) is 25.8 cm³/mol. The quantitative estimate of drug-likeness (QED) is 0.489. The smallest absolute Gasteiger partial charge is 0.189 e. The molecule has 1 fully saturated rings. The second-order valence-corrected chi connectivity index (χ2v) is 2.07. The lowest BCUT2D eigenvalue weighted by Crippen LogP contribution is -2.05. The number of aliphatic hydroxyl groups is 1. The summed E-state index contributed by atoms with van der Waals surface area (Å²) in [6.07, 6.45) is 1.01. The van der Waals surface area contributed by atoms with Crippen LogP contribution < -0.4 is 0 Å². The summed E-state index contributed by atoms with van der Waals surface area (Å²) in [5, 5.41) is 8.87. The lowest BCUT2D eigenvalue weighted by atomic mass is 10.2.